The smallest absolute Gasteiger partial charge is 0.410 e. The van der Waals surface area contributed by atoms with Gasteiger partial charge in [0.25, 0.3) is 10.0 Å². The van der Waals surface area contributed by atoms with Gasteiger partial charge in [0, 0.05) is 11.8 Å². The molecule has 1 aromatic rings. The molecule has 7 nitrogen and oxygen atoms in total. The molecule has 0 saturated carbocycles. The second-order valence-corrected chi connectivity index (χ2v) is 6.40. The summed E-state index contributed by atoms with van der Waals surface area (Å²) in [4.78, 5) is 13.2. The molecule has 0 spiro atoms. The summed E-state index contributed by atoms with van der Waals surface area (Å²) in [5.41, 5.74) is 1.36. The van der Waals surface area contributed by atoms with E-state index in [-0.39, 0.29) is 6.09 Å². The van der Waals surface area contributed by atoms with Crippen molar-refractivity contribution in [3.63, 3.8) is 0 Å². The van der Waals surface area contributed by atoms with Crippen molar-refractivity contribution in [3.05, 3.63) is 17.5 Å². The minimum absolute atomic E-state index is 0.294. The molecule has 0 saturated heterocycles. The van der Waals surface area contributed by atoms with Crippen molar-refractivity contribution in [2.75, 3.05) is 12.9 Å². The summed E-state index contributed by atoms with van der Waals surface area (Å²) in [6.45, 7) is 3.07. The van der Waals surface area contributed by atoms with Crippen LogP contribution in [0.2, 0.25) is 0 Å². The standard InChI is InChI=1S/C11H17N3O4S/c1-3-4-5-18-11(15)13-6-9-7-14(19(2,16)17)12-10(9)8-13/h7H,3-6,8H2,1-2H3. The van der Waals surface area contributed by atoms with Crippen LogP contribution in [-0.2, 0) is 27.8 Å². The maximum atomic E-state index is 11.7. The highest BCUT2D eigenvalue weighted by Gasteiger charge is 2.28. The number of nitrogens with zero attached hydrogens (tertiary/aromatic N) is 3. The van der Waals surface area contributed by atoms with Crippen molar-refractivity contribution in [1.29, 1.82) is 0 Å². The van der Waals surface area contributed by atoms with Crippen LogP contribution >= 0.6 is 0 Å². The molecule has 1 aliphatic heterocycles. The lowest BCUT2D eigenvalue weighted by atomic mass is 10.3. The molecular weight excluding hydrogens is 270 g/mol. The fourth-order valence-electron chi connectivity index (χ4n) is 1.82. The summed E-state index contributed by atoms with van der Waals surface area (Å²) >= 11 is 0. The highest BCUT2D eigenvalue weighted by atomic mass is 32.2. The van der Waals surface area contributed by atoms with Gasteiger partial charge in [-0.15, -0.1) is 0 Å². The van der Waals surface area contributed by atoms with Crippen LogP contribution in [0.5, 0.6) is 0 Å². The van der Waals surface area contributed by atoms with Gasteiger partial charge in [-0.05, 0) is 6.42 Å². The summed E-state index contributed by atoms with van der Waals surface area (Å²) in [6.07, 6.45) is 3.97. The Hall–Kier alpha value is -1.57. The van der Waals surface area contributed by atoms with Crippen LogP contribution in [0.25, 0.3) is 0 Å². The molecule has 0 aromatic carbocycles. The summed E-state index contributed by atoms with van der Waals surface area (Å²) in [7, 11) is -3.37. The highest BCUT2D eigenvalue weighted by molar-refractivity contribution is 7.89. The van der Waals surface area contributed by atoms with Crippen molar-refractivity contribution >= 4 is 16.1 Å². The van der Waals surface area contributed by atoms with Gasteiger partial charge in [0.2, 0.25) is 0 Å². The molecule has 2 heterocycles. The van der Waals surface area contributed by atoms with E-state index in [0.29, 0.717) is 25.4 Å². The number of carbonyl (C=O) groups excluding carboxylic acids is 1. The molecule has 0 fully saturated rings. The van der Waals surface area contributed by atoms with Gasteiger partial charge in [-0.2, -0.15) is 9.19 Å². The second kappa shape index (κ2) is 5.20. The highest BCUT2D eigenvalue weighted by Crippen LogP contribution is 2.22. The SMILES string of the molecule is CCCCOC(=O)N1Cc2cn(S(C)(=O)=O)nc2C1. The zero-order chi connectivity index (χ0) is 14.0. The maximum Gasteiger partial charge on any atom is 0.410 e. The number of amides is 1. The van der Waals surface area contributed by atoms with Gasteiger partial charge >= 0.3 is 6.09 Å². The van der Waals surface area contributed by atoms with Crippen molar-refractivity contribution < 1.29 is 17.9 Å². The van der Waals surface area contributed by atoms with E-state index in [9.17, 15) is 13.2 Å². The largest absolute Gasteiger partial charge is 0.449 e. The van der Waals surface area contributed by atoms with Crippen molar-refractivity contribution in [1.82, 2.24) is 14.1 Å². The monoisotopic (exact) mass is 287 g/mol. The lowest BCUT2D eigenvalue weighted by Gasteiger charge is -2.15. The number of carbonyl (C=O) groups is 1. The van der Waals surface area contributed by atoms with E-state index in [1.54, 1.807) is 0 Å². The average molecular weight is 287 g/mol. The van der Waals surface area contributed by atoms with Gasteiger partial charge < -0.3 is 4.74 Å². The number of ether oxygens (including phenoxy) is 1. The zero-order valence-corrected chi connectivity index (χ0v) is 11.8. The van der Waals surface area contributed by atoms with Crippen molar-refractivity contribution in [3.8, 4) is 0 Å². The minimum Gasteiger partial charge on any atom is -0.449 e. The third kappa shape index (κ3) is 3.06. The van der Waals surface area contributed by atoms with Gasteiger partial charge in [-0.25, -0.2) is 13.2 Å². The first kappa shape index (κ1) is 13.9. The van der Waals surface area contributed by atoms with Crippen molar-refractivity contribution in [2.24, 2.45) is 0 Å². The van der Waals surface area contributed by atoms with Crippen LogP contribution in [0.1, 0.15) is 31.0 Å². The van der Waals surface area contributed by atoms with E-state index >= 15 is 0 Å². The maximum absolute atomic E-state index is 11.7. The molecule has 8 heteroatoms. The Morgan fingerprint density at radius 1 is 1.47 bits per heavy atom. The molecule has 1 amide bonds. The Morgan fingerprint density at radius 3 is 2.79 bits per heavy atom. The number of fused-ring (bicyclic) bond motifs is 1. The Balaban J connectivity index is 1.98. The summed E-state index contributed by atoms with van der Waals surface area (Å²) < 4.78 is 28.7. The first-order valence-corrected chi connectivity index (χ1v) is 7.96. The van der Waals surface area contributed by atoms with E-state index in [4.69, 9.17) is 4.74 Å². The first-order valence-electron chi connectivity index (χ1n) is 6.11. The van der Waals surface area contributed by atoms with E-state index < -0.39 is 10.0 Å². The average Bonchev–Trinajstić information content (AvgIpc) is 2.85. The Morgan fingerprint density at radius 2 is 2.21 bits per heavy atom. The third-order valence-electron chi connectivity index (χ3n) is 2.88. The number of hydrogen-bond donors (Lipinski definition) is 0. The summed E-state index contributed by atoms with van der Waals surface area (Å²) in [5.74, 6) is 0. The Kier molecular flexibility index (Phi) is 3.79. The number of unbranched alkanes of at least 4 members (excludes halogenated alkanes) is 1. The fourth-order valence-corrected chi connectivity index (χ4v) is 2.39. The molecule has 19 heavy (non-hydrogen) atoms. The molecule has 0 bridgehead atoms. The van der Waals surface area contributed by atoms with Crippen LogP contribution < -0.4 is 0 Å². The van der Waals surface area contributed by atoms with E-state index in [0.717, 1.165) is 28.7 Å². The number of hydrogen-bond acceptors (Lipinski definition) is 5. The van der Waals surface area contributed by atoms with Gasteiger partial charge in [0.15, 0.2) is 0 Å². The molecule has 2 rings (SSSR count). The molecule has 0 radical (unpaired) electrons. The predicted molar refractivity (Wildman–Crippen MR) is 68.0 cm³/mol. The quantitative estimate of drug-likeness (QED) is 0.770. The lowest BCUT2D eigenvalue weighted by Crippen LogP contribution is -2.27. The normalized spacial score (nSPS) is 14.5. The molecule has 1 aromatic heterocycles. The van der Waals surface area contributed by atoms with E-state index in [1.165, 1.54) is 11.1 Å². The predicted octanol–water partition coefficient (Wildman–Crippen LogP) is 0.943. The van der Waals surface area contributed by atoms with Crippen LogP contribution in [0.15, 0.2) is 6.20 Å². The van der Waals surface area contributed by atoms with Gasteiger partial charge in [-0.3, -0.25) is 4.90 Å². The van der Waals surface area contributed by atoms with E-state index in [1.807, 2.05) is 6.92 Å². The zero-order valence-electron chi connectivity index (χ0n) is 11.0. The summed E-state index contributed by atoms with van der Waals surface area (Å²) in [5, 5.41) is 3.97. The van der Waals surface area contributed by atoms with Crippen LogP contribution in [-0.4, -0.2) is 41.5 Å². The van der Waals surface area contributed by atoms with Gasteiger partial charge in [-0.1, -0.05) is 13.3 Å². The minimum atomic E-state index is -3.37. The molecule has 106 valence electrons. The van der Waals surface area contributed by atoms with Crippen LogP contribution in [0, 0.1) is 0 Å². The third-order valence-corrected chi connectivity index (χ3v) is 3.75. The number of rotatable bonds is 4. The Bertz CT molecular complexity index is 555. The van der Waals surface area contributed by atoms with Gasteiger partial charge in [0.1, 0.15) is 0 Å². The van der Waals surface area contributed by atoms with Crippen molar-refractivity contribution in [2.45, 2.75) is 32.9 Å². The topological polar surface area (TPSA) is 81.5 Å². The first-order chi connectivity index (χ1) is 8.91. The lowest BCUT2D eigenvalue weighted by molar-refractivity contribution is 0.0999. The number of aromatic nitrogens is 2. The van der Waals surface area contributed by atoms with Crippen LogP contribution in [0.3, 0.4) is 0 Å². The molecule has 0 N–H and O–H groups in total. The molecule has 0 unspecified atom stereocenters. The molecule has 1 aliphatic rings. The molecule has 0 aliphatic carbocycles. The van der Waals surface area contributed by atoms with E-state index in [2.05, 4.69) is 5.10 Å². The van der Waals surface area contributed by atoms with Gasteiger partial charge in [0.05, 0.1) is 31.6 Å². The molecule has 0 atom stereocenters. The molecular formula is C11H17N3O4S. The fraction of sp³-hybridized carbons (Fsp3) is 0.636. The van der Waals surface area contributed by atoms with Crippen LogP contribution in [0.4, 0.5) is 4.79 Å². The summed E-state index contributed by atoms with van der Waals surface area (Å²) in [6, 6.07) is 0. The second-order valence-electron chi connectivity index (χ2n) is 4.56. The Labute approximate surface area is 112 Å².